The van der Waals surface area contributed by atoms with Gasteiger partial charge in [0, 0.05) is 11.6 Å². The van der Waals surface area contributed by atoms with Crippen molar-refractivity contribution in [3.63, 3.8) is 0 Å². The molecule has 1 aromatic heterocycles. The van der Waals surface area contributed by atoms with Gasteiger partial charge in [-0.25, -0.2) is 4.79 Å². The van der Waals surface area contributed by atoms with Gasteiger partial charge in [0.2, 0.25) is 0 Å². The average Bonchev–Trinajstić information content (AvgIpc) is 2.75. The zero-order chi connectivity index (χ0) is 16.2. The summed E-state index contributed by atoms with van der Waals surface area (Å²) in [6, 6.07) is 4.99. The molecule has 0 amide bonds. The summed E-state index contributed by atoms with van der Waals surface area (Å²) in [5.74, 6) is -0.458. The van der Waals surface area contributed by atoms with Gasteiger partial charge in [-0.2, -0.15) is 0 Å². The van der Waals surface area contributed by atoms with Crippen molar-refractivity contribution < 1.29 is 18.0 Å². The van der Waals surface area contributed by atoms with Crippen LogP contribution in [0.5, 0.6) is 0 Å². The Bertz CT molecular complexity index is 728. The fourth-order valence-electron chi connectivity index (χ4n) is 2.23. The highest BCUT2D eigenvalue weighted by atomic mass is 35.5. The number of fused-ring (bicyclic) bond motifs is 1. The minimum Gasteiger partial charge on any atom is -0.408 e. The smallest absolute Gasteiger partial charge is 0.408 e. The number of hydrogen-bond donors (Lipinski definition) is 0. The van der Waals surface area contributed by atoms with E-state index in [0.29, 0.717) is 42.3 Å². The first-order valence-electron chi connectivity index (χ1n) is 7.16. The van der Waals surface area contributed by atoms with Crippen LogP contribution in [0, 0.1) is 0 Å². The molecule has 0 bridgehead atoms. The van der Waals surface area contributed by atoms with Gasteiger partial charge in [-0.15, -0.1) is 0 Å². The van der Waals surface area contributed by atoms with Crippen LogP contribution in [-0.4, -0.2) is 23.9 Å². The van der Waals surface area contributed by atoms with Gasteiger partial charge in [-0.1, -0.05) is 11.6 Å². The highest BCUT2D eigenvalue weighted by molar-refractivity contribution is 7.53. The fourth-order valence-corrected chi connectivity index (χ4v) is 4.04. The summed E-state index contributed by atoms with van der Waals surface area (Å²) in [4.78, 5) is 11.9. The second-order valence-corrected chi connectivity index (χ2v) is 7.28. The number of rotatable bonds is 8. The number of hydrogen-bond acceptors (Lipinski definition) is 5. The van der Waals surface area contributed by atoms with E-state index >= 15 is 0 Å². The van der Waals surface area contributed by atoms with Gasteiger partial charge in [-0.05, 0) is 38.5 Å². The molecule has 0 aliphatic carbocycles. The molecule has 0 N–H and O–H groups in total. The Morgan fingerprint density at radius 1 is 1.27 bits per heavy atom. The van der Waals surface area contributed by atoms with E-state index in [1.807, 2.05) is 0 Å². The van der Waals surface area contributed by atoms with E-state index in [4.69, 9.17) is 25.1 Å². The van der Waals surface area contributed by atoms with E-state index in [9.17, 15) is 9.36 Å². The molecule has 0 atom stereocenters. The lowest BCUT2D eigenvalue weighted by Gasteiger charge is -2.16. The third-order valence-electron chi connectivity index (χ3n) is 3.09. The molecule has 0 spiro atoms. The van der Waals surface area contributed by atoms with Crippen LogP contribution in [0.25, 0.3) is 11.1 Å². The monoisotopic (exact) mass is 347 g/mol. The maximum atomic E-state index is 12.4. The Morgan fingerprint density at radius 2 is 1.95 bits per heavy atom. The summed E-state index contributed by atoms with van der Waals surface area (Å²) in [6.07, 6.45) is 0.715. The van der Waals surface area contributed by atoms with Crippen LogP contribution < -0.4 is 5.76 Å². The SMILES string of the molecule is CCOP(=O)(CCCn1c(=O)oc2ccc(Cl)cc21)OCC. The molecule has 0 unspecified atom stereocenters. The van der Waals surface area contributed by atoms with Crippen LogP contribution in [0.1, 0.15) is 20.3 Å². The van der Waals surface area contributed by atoms with Crippen molar-refractivity contribution in [1.29, 1.82) is 0 Å². The van der Waals surface area contributed by atoms with Gasteiger partial charge < -0.3 is 13.5 Å². The number of aryl methyl sites for hydroxylation is 1. The van der Waals surface area contributed by atoms with Gasteiger partial charge in [0.05, 0.1) is 24.9 Å². The Hall–Kier alpha value is -1.07. The number of halogens is 1. The zero-order valence-electron chi connectivity index (χ0n) is 12.6. The van der Waals surface area contributed by atoms with E-state index in [2.05, 4.69) is 0 Å². The largest absolute Gasteiger partial charge is 0.419 e. The highest BCUT2D eigenvalue weighted by Crippen LogP contribution is 2.48. The normalized spacial score (nSPS) is 12.1. The lowest BCUT2D eigenvalue weighted by atomic mass is 10.3. The van der Waals surface area contributed by atoms with Gasteiger partial charge in [0.1, 0.15) is 0 Å². The topological polar surface area (TPSA) is 70.7 Å². The summed E-state index contributed by atoms with van der Waals surface area (Å²) < 4.78 is 29.4. The quantitative estimate of drug-likeness (QED) is 0.677. The van der Waals surface area contributed by atoms with E-state index < -0.39 is 13.4 Å². The maximum absolute atomic E-state index is 12.4. The second kappa shape index (κ2) is 7.47. The summed E-state index contributed by atoms with van der Waals surface area (Å²) in [5, 5.41) is 0.524. The molecule has 122 valence electrons. The van der Waals surface area contributed by atoms with Crippen LogP contribution in [0.3, 0.4) is 0 Å². The Labute approximate surface area is 133 Å². The van der Waals surface area contributed by atoms with Gasteiger partial charge >= 0.3 is 13.4 Å². The van der Waals surface area contributed by atoms with E-state index in [0.717, 1.165) is 0 Å². The molecule has 1 heterocycles. The molecule has 0 saturated carbocycles. The lowest BCUT2D eigenvalue weighted by molar-refractivity contribution is 0.219. The summed E-state index contributed by atoms with van der Waals surface area (Å²) >= 11 is 5.95. The molecule has 2 aromatic rings. The fraction of sp³-hybridized carbons (Fsp3) is 0.500. The Morgan fingerprint density at radius 3 is 2.59 bits per heavy atom. The van der Waals surface area contributed by atoms with E-state index in [1.165, 1.54) is 4.57 Å². The molecule has 6 nitrogen and oxygen atoms in total. The first-order valence-corrected chi connectivity index (χ1v) is 9.26. The molecule has 0 radical (unpaired) electrons. The zero-order valence-corrected chi connectivity index (χ0v) is 14.2. The molecule has 22 heavy (non-hydrogen) atoms. The first kappa shape index (κ1) is 17.3. The third-order valence-corrected chi connectivity index (χ3v) is 5.50. The minimum absolute atomic E-state index is 0.244. The molecule has 0 saturated heterocycles. The van der Waals surface area contributed by atoms with Crippen molar-refractivity contribution in [3.8, 4) is 0 Å². The summed E-state index contributed by atoms with van der Waals surface area (Å²) in [6.45, 7) is 4.53. The van der Waals surface area contributed by atoms with Crippen LogP contribution in [0.2, 0.25) is 5.02 Å². The number of benzene rings is 1. The lowest BCUT2D eigenvalue weighted by Crippen LogP contribution is -2.15. The van der Waals surface area contributed by atoms with Crippen molar-refractivity contribution in [2.45, 2.75) is 26.8 Å². The second-order valence-electron chi connectivity index (χ2n) is 4.66. The maximum Gasteiger partial charge on any atom is 0.419 e. The first-order chi connectivity index (χ1) is 10.5. The van der Waals surface area contributed by atoms with E-state index in [-0.39, 0.29) is 6.16 Å². The molecule has 0 fully saturated rings. The van der Waals surface area contributed by atoms with Gasteiger partial charge in [0.15, 0.2) is 5.58 Å². The minimum atomic E-state index is -3.09. The summed E-state index contributed by atoms with van der Waals surface area (Å²) in [5.41, 5.74) is 1.10. The van der Waals surface area contributed by atoms with Crippen molar-refractivity contribution in [3.05, 3.63) is 33.8 Å². The standard InChI is InChI=1S/C14H19ClNO5P/c1-3-19-22(18,20-4-2)9-5-8-16-12-10-11(15)6-7-13(12)21-14(16)17/h6-7,10H,3-5,8-9H2,1-2H3. The molecular formula is C14H19ClNO5P. The predicted molar refractivity (Wildman–Crippen MR) is 85.8 cm³/mol. The van der Waals surface area contributed by atoms with Gasteiger partial charge in [0.25, 0.3) is 0 Å². The average molecular weight is 348 g/mol. The Balaban J connectivity index is 2.11. The predicted octanol–water partition coefficient (Wildman–Crippen LogP) is 3.90. The van der Waals surface area contributed by atoms with Gasteiger partial charge in [-0.3, -0.25) is 9.13 Å². The molecule has 0 aliphatic rings. The van der Waals surface area contributed by atoms with Crippen LogP contribution in [0.4, 0.5) is 0 Å². The van der Waals surface area contributed by atoms with E-state index in [1.54, 1.807) is 32.0 Å². The number of aromatic nitrogens is 1. The van der Waals surface area contributed by atoms with Crippen LogP contribution in [0.15, 0.2) is 27.4 Å². The molecule has 8 heteroatoms. The molecular weight excluding hydrogens is 329 g/mol. The molecule has 1 aromatic carbocycles. The highest BCUT2D eigenvalue weighted by Gasteiger charge is 2.23. The number of oxazole rings is 1. The van der Waals surface area contributed by atoms with Crippen molar-refractivity contribution in [2.75, 3.05) is 19.4 Å². The van der Waals surface area contributed by atoms with Crippen molar-refractivity contribution in [1.82, 2.24) is 4.57 Å². The number of nitrogens with zero attached hydrogens (tertiary/aromatic N) is 1. The Kier molecular flexibility index (Phi) is 5.87. The van der Waals surface area contributed by atoms with Crippen LogP contribution >= 0.6 is 19.2 Å². The summed E-state index contributed by atoms with van der Waals surface area (Å²) in [7, 11) is -3.09. The molecule has 2 rings (SSSR count). The van der Waals surface area contributed by atoms with Crippen molar-refractivity contribution in [2.24, 2.45) is 0 Å². The third kappa shape index (κ3) is 4.02. The van der Waals surface area contributed by atoms with Crippen molar-refractivity contribution >= 4 is 30.3 Å². The van der Waals surface area contributed by atoms with Crippen LogP contribution in [-0.2, 0) is 20.2 Å². The molecule has 0 aliphatic heterocycles.